The van der Waals surface area contributed by atoms with Gasteiger partial charge in [0.2, 0.25) is 5.91 Å². The van der Waals surface area contributed by atoms with Gasteiger partial charge in [-0.2, -0.15) is 0 Å². The van der Waals surface area contributed by atoms with Crippen LogP contribution in [0.2, 0.25) is 0 Å². The number of thiazole rings is 1. The Morgan fingerprint density at radius 1 is 1.50 bits per heavy atom. The summed E-state index contributed by atoms with van der Waals surface area (Å²) >= 11 is 1.48. The highest BCUT2D eigenvalue weighted by Gasteiger charge is 2.19. The highest BCUT2D eigenvalue weighted by Crippen LogP contribution is 2.29. The summed E-state index contributed by atoms with van der Waals surface area (Å²) in [5.41, 5.74) is 0.811. The van der Waals surface area contributed by atoms with Gasteiger partial charge in [-0.25, -0.2) is 9.78 Å². The number of carboxylic acids is 1. The van der Waals surface area contributed by atoms with Crippen molar-refractivity contribution in [1.29, 1.82) is 0 Å². The number of ether oxygens (including phenoxy) is 2. The fourth-order valence-corrected chi connectivity index (χ4v) is 3.06. The van der Waals surface area contributed by atoms with Crippen LogP contribution in [0.15, 0.2) is 24.4 Å². The third-order valence-corrected chi connectivity index (χ3v) is 4.35. The molecule has 126 valence electrons. The lowest BCUT2D eigenvalue weighted by Gasteiger charge is -2.23. The van der Waals surface area contributed by atoms with Crippen LogP contribution in [0, 0.1) is 6.92 Å². The van der Waals surface area contributed by atoms with E-state index in [2.05, 4.69) is 10.3 Å². The standard InChI is InChI=1S/C16H16N2O5S/c1-9-5-17-15(24-9)10-2-11(16(20)21)4-13(3-10)23-7-12-6-22-8-14(19)18-12/h2-5,12H,6-8H2,1H3,(H,18,19)(H,20,21)/t12-/m0/s1. The van der Waals surface area contributed by atoms with Gasteiger partial charge >= 0.3 is 5.97 Å². The molecule has 0 spiro atoms. The third kappa shape index (κ3) is 3.90. The van der Waals surface area contributed by atoms with E-state index in [0.717, 1.165) is 9.88 Å². The van der Waals surface area contributed by atoms with E-state index in [1.165, 1.54) is 17.4 Å². The van der Waals surface area contributed by atoms with Gasteiger partial charge in [0.1, 0.15) is 24.0 Å². The number of nitrogens with one attached hydrogen (secondary N) is 1. The monoisotopic (exact) mass is 348 g/mol. The maximum atomic E-state index is 11.3. The summed E-state index contributed by atoms with van der Waals surface area (Å²) in [7, 11) is 0. The fourth-order valence-electron chi connectivity index (χ4n) is 2.31. The predicted molar refractivity (Wildman–Crippen MR) is 87.5 cm³/mol. The second-order valence-corrected chi connectivity index (χ2v) is 6.65. The van der Waals surface area contributed by atoms with E-state index in [9.17, 15) is 14.7 Å². The Morgan fingerprint density at radius 3 is 3.00 bits per heavy atom. The number of aromatic nitrogens is 1. The van der Waals surface area contributed by atoms with Crippen LogP contribution in [0.5, 0.6) is 5.75 Å². The Morgan fingerprint density at radius 2 is 2.33 bits per heavy atom. The van der Waals surface area contributed by atoms with Crippen LogP contribution in [0.3, 0.4) is 0 Å². The van der Waals surface area contributed by atoms with Gasteiger partial charge in [0.25, 0.3) is 0 Å². The van der Waals surface area contributed by atoms with Gasteiger partial charge in [0, 0.05) is 16.6 Å². The Hall–Kier alpha value is -2.45. The molecular formula is C16H16N2O5S. The fraction of sp³-hybridized carbons (Fsp3) is 0.312. The van der Waals surface area contributed by atoms with Crippen molar-refractivity contribution in [3.63, 3.8) is 0 Å². The normalized spacial score (nSPS) is 17.4. The van der Waals surface area contributed by atoms with E-state index in [-0.39, 0.29) is 30.7 Å². The zero-order valence-corrected chi connectivity index (χ0v) is 13.8. The number of rotatable bonds is 5. The topological polar surface area (TPSA) is 97.8 Å². The van der Waals surface area contributed by atoms with Crippen molar-refractivity contribution in [3.05, 3.63) is 34.8 Å². The first-order valence-corrected chi connectivity index (χ1v) is 8.14. The van der Waals surface area contributed by atoms with Gasteiger partial charge in [-0.3, -0.25) is 4.79 Å². The predicted octanol–water partition coefficient (Wildman–Crippen LogP) is 1.71. The van der Waals surface area contributed by atoms with Crippen LogP contribution in [0.1, 0.15) is 15.2 Å². The van der Waals surface area contributed by atoms with Crippen molar-refractivity contribution >= 4 is 23.2 Å². The van der Waals surface area contributed by atoms with Gasteiger partial charge < -0.3 is 19.9 Å². The van der Waals surface area contributed by atoms with Gasteiger partial charge in [-0.05, 0) is 25.1 Å². The molecule has 0 bridgehead atoms. The number of morpholine rings is 1. The average Bonchev–Trinajstić information content (AvgIpc) is 2.99. The van der Waals surface area contributed by atoms with E-state index >= 15 is 0 Å². The number of aryl methyl sites for hydroxylation is 1. The summed E-state index contributed by atoms with van der Waals surface area (Å²) in [4.78, 5) is 28.0. The van der Waals surface area contributed by atoms with Gasteiger partial charge in [-0.1, -0.05) is 0 Å². The van der Waals surface area contributed by atoms with Crippen molar-refractivity contribution in [2.45, 2.75) is 13.0 Å². The molecule has 3 rings (SSSR count). The molecule has 1 aliphatic rings. The summed E-state index contributed by atoms with van der Waals surface area (Å²) < 4.78 is 10.8. The highest BCUT2D eigenvalue weighted by atomic mass is 32.1. The SMILES string of the molecule is Cc1cnc(-c2cc(OC[C@@H]3COCC(=O)N3)cc(C(=O)O)c2)s1. The maximum absolute atomic E-state index is 11.3. The minimum Gasteiger partial charge on any atom is -0.491 e. The molecule has 1 atom stereocenters. The summed E-state index contributed by atoms with van der Waals surface area (Å²) in [5, 5.41) is 12.8. The summed E-state index contributed by atoms with van der Waals surface area (Å²) in [6.07, 6.45) is 1.74. The number of hydrogen-bond acceptors (Lipinski definition) is 6. The Labute approximate surface area is 142 Å². The molecule has 0 unspecified atom stereocenters. The Kier molecular flexibility index (Phi) is 4.77. The molecule has 7 nitrogen and oxygen atoms in total. The number of hydrogen-bond donors (Lipinski definition) is 2. The number of benzene rings is 1. The molecule has 1 aliphatic heterocycles. The van der Waals surface area contributed by atoms with E-state index in [1.54, 1.807) is 18.3 Å². The number of carbonyl (C=O) groups is 2. The average molecular weight is 348 g/mol. The summed E-state index contributed by atoms with van der Waals surface area (Å²) in [6, 6.07) is 4.51. The van der Waals surface area contributed by atoms with Gasteiger partial charge in [0.05, 0.1) is 18.2 Å². The van der Waals surface area contributed by atoms with E-state index < -0.39 is 5.97 Å². The van der Waals surface area contributed by atoms with Crippen LogP contribution in [0.4, 0.5) is 0 Å². The molecule has 2 N–H and O–H groups in total. The molecule has 1 fully saturated rings. The Balaban J connectivity index is 1.80. The second kappa shape index (κ2) is 6.98. The molecule has 2 aromatic rings. The van der Waals surface area contributed by atoms with Crippen LogP contribution in [0.25, 0.3) is 10.6 Å². The van der Waals surface area contributed by atoms with Crippen LogP contribution in [-0.2, 0) is 9.53 Å². The molecule has 0 saturated carbocycles. The smallest absolute Gasteiger partial charge is 0.335 e. The first kappa shape index (κ1) is 16.4. The summed E-state index contributed by atoms with van der Waals surface area (Å²) in [5.74, 6) is -0.810. The number of carboxylic acid groups (broad SMARTS) is 1. The molecular weight excluding hydrogens is 332 g/mol. The lowest BCUT2D eigenvalue weighted by atomic mass is 10.1. The number of amides is 1. The first-order chi connectivity index (χ1) is 11.5. The minimum atomic E-state index is -1.04. The molecule has 8 heteroatoms. The maximum Gasteiger partial charge on any atom is 0.335 e. The zero-order valence-electron chi connectivity index (χ0n) is 12.9. The van der Waals surface area contributed by atoms with Crippen LogP contribution < -0.4 is 10.1 Å². The van der Waals surface area contributed by atoms with Crippen molar-refractivity contribution in [2.75, 3.05) is 19.8 Å². The second-order valence-electron chi connectivity index (χ2n) is 5.42. The summed E-state index contributed by atoms with van der Waals surface area (Å²) in [6.45, 7) is 2.55. The van der Waals surface area contributed by atoms with E-state index in [0.29, 0.717) is 17.9 Å². The molecule has 1 aromatic carbocycles. The Bertz CT molecular complexity index is 774. The lowest BCUT2D eigenvalue weighted by Crippen LogP contribution is -2.48. The number of carbonyl (C=O) groups excluding carboxylic acids is 1. The number of nitrogens with zero attached hydrogens (tertiary/aromatic N) is 1. The minimum absolute atomic E-state index is 0.0541. The van der Waals surface area contributed by atoms with Crippen molar-refractivity contribution in [2.24, 2.45) is 0 Å². The molecule has 0 aliphatic carbocycles. The lowest BCUT2D eigenvalue weighted by molar-refractivity contribution is -0.131. The third-order valence-electron chi connectivity index (χ3n) is 3.39. The zero-order chi connectivity index (χ0) is 17.1. The molecule has 1 amide bonds. The van der Waals surface area contributed by atoms with Crippen LogP contribution >= 0.6 is 11.3 Å². The van der Waals surface area contributed by atoms with E-state index in [4.69, 9.17) is 9.47 Å². The molecule has 0 radical (unpaired) electrons. The number of aromatic carboxylic acids is 1. The molecule has 1 saturated heterocycles. The largest absolute Gasteiger partial charge is 0.491 e. The molecule has 1 aromatic heterocycles. The van der Waals surface area contributed by atoms with Crippen LogP contribution in [-0.4, -0.2) is 47.8 Å². The molecule has 2 heterocycles. The van der Waals surface area contributed by atoms with Gasteiger partial charge in [0.15, 0.2) is 0 Å². The van der Waals surface area contributed by atoms with Crippen molar-refractivity contribution in [1.82, 2.24) is 10.3 Å². The highest BCUT2D eigenvalue weighted by molar-refractivity contribution is 7.14. The quantitative estimate of drug-likeness (QED) is 0.854. The molecule has 24 heavy (non-hydrogen) atoms. The first-order valence-electron chi connectivity index (χ1n) is 7.32. The van der Waals surface area contributed by atoms with Crippen molar-refractivity contribution in [3.8, 4) is 16.3 Å². The van der Waals surface area contributed by atoms with Crippen molar-refractivity contribution < 1.29 is 24.2 Å². The van der Waals surface area contributed by atoms with E-state index in [1.807, 2.05) is 6.92 Å². The van der Waals surface area contributed by atoms with Gasteiger partial charge in [-0.15, -0.1) is 11.3 Å².